The van der Waals surface area contributed by atoms with Crippen molar-refractivity contribution in [3.63, 3.8) is 0 Å². The number of pyridine rings is 2. The molecule has 2 aromatic heterocycles. The highest BCUT2D eigenvalue weighted by atomic mass is 16.5. The summed E-state index contributed by atoms with van der Waals surface area (Å²) < 4.78 is 4.97. The van der Waals surface area contributed by atoms with Gasteiger partial charge in [-0.15, -0.1) is 0 Å². The fraction of sp³-hybridized carbons (Fsp3) is 0.182. The molecule has 0 atom stereocenters. The smallest absolute Gasteiger partial charge is 0.338 e. The summed E-state index contributed by atoms with van der Waals surface area (Å²) in [5.41, 5.74) is 2.92. The molecule has 0 aliphatic carbocycles. The van der Waals surface area contributed by atoms with E-state index in [0.29, 0.717) is 30.9 Å². The molecule has 0 spiro atoms. The van der Waals surface area contributed by atoms with Crippen LogP contribution in [0.2, 0.25) is 0 Å². The highest BCUT2D eigenvalue weighted by Gasteiger charge is 2.16. The van der Waals surface area contributed by atoms with Crippen molar-refractivity contribution >= 4 is 17.7 Å². The van der Waals surface area contributed by atoms with E-state index < -0.39 is 0 Å². The number of benzene rings is 1. The first kappa shape index (κ1) is 20.0. The lowest BCUT2D eigenvalue weighted by molar-refractivity contribution is 0.0526. The number of rotatable bonds is 7. The summed E-state index contributed by atoms with van der Waals surface area (Å²) in [6, 6.07) is 13.9. The predicted molar refractivity (Wildman–Crippen MR) is 109 cm³/mol. The van der Waals surface area contributed by atoms with Gasteiger partial charge in [-0.25, -0.2) is 9.59 Å². The van der Waals surface area contributed by atoms with Gasteiger partial charge in [-0.2, -0.15) is 0 Å². The number of amides is 2. The van der Waals surface area contributed by atoms with Gasteiger partial charge in [-0.05, 0) is 60.5 Å². The minimum absolute atomic E-state index is 0.255. The number of urea groups is 1. The van der Waals surface area contributed by atoms with Crippen LogP contribution in [0.4, 0.5) is 10.5 Å². The van der Waals surface area contributed by atoms with E-state index in [1.54, 1.807) is 60.9 Å². The van der Waals surface area contributed by atoms with Crippen molar-refractivity contribution in [2.45, 2.75) is 20.0 Å². The number of nitrogens with one attached hydrogen (secondary N) is 1. The summed E-state index contributed by atoms with van der Waals surface area (Å²) >= 11 is 0. The first-order valence-electron chi connectivity index (χ1n) is 9.26. The molecule has 3 rings (SSSR count). The highest BCUT2D eigenvalue weighted by Crippen LogP contribution is 2.14. The van der Waals surface area contributed by atoms with Gasteiger partial charge in [0.1, 0.15) is 0 Å². The van der Waals surface area contributed by atoms with E-state index in [1.807, 2.05) is 24.3 Å². The van der Waals surface area contributed by atoms with Crippen LogP contribution in [0.5, 0.6) is 0 Å². The van der Waals surface area contributed by atoms with Crippen LogP contribution >= 0.6 is 0 Å². The zero-order valence-electron chi connectivity index (χ0n) is 16.1. The van der Waals surface area contributed by atoms with Crippen molar-refractivity contribution in [2.24, 2.45) is 0 Å². The Morgan fingerprint density at radius 3 is 2.31 bits per heavy atom. The van der Waals surface area contributed by atoms with E-state index in [0.717, 1.165) is 11.1 Å². The van der Waals surface area contributed by atoms with Gasteiger partial charge < -0.3 is 15.0 Å². The Morgan fingerprint density at radius 2 is 1.66 bits per heavy atom. The molecule has 2 amide bonds. The van der Waals surface area contributed by atoms with E-state index >= 15 is 0 Å². The second-order valence-corrected chi connectivity index (χ2v) is 6.30. The van der Waals surface area contributed by atoms with Crippen LogP contribution in [0.15, 0.2) is 73.3 Å². The van der Waals surface area contributed by atoms with Crippen molar-refractivity contribution in [1.29, 1.82) is 0 Å². The third-order valence-electron chi connectivity index (χ3n) is 4.15. The average molecular weight is 390 g/mol. The SMILES string of the molecule is CCOC(=O)c1ccc(NC(=O)N(Cc2ccncc2)Cc2cccnc2)cc1. The number of hydrogen-bond acceptors (Lipinski definition) is 5. The Kier molecular flexibility index (Phi) is 6.89. The van der Waals surface area contributed by atoms with E-state index in [1.165, 1.54) is 0 Å². The second kappa shape index (κ2) is 9.98. The number of ether oxygens (including phenoxy) is 1. The molecule has 0 fully saturated rings. The number of esters is 1. The first-order chi connectivity index (χ1) is 14.2. The molecule has 3 aromatic rings. The lowest BCUT2D eigenvalue weighted by Gasteiger charge is -2.23. The molecule has 7 heteroatoms. The first-order valence-corrected chi connectivity index (χ1v) is 9.26. The van der Waals surface area contributed by atoms with Gasteiger partial charge in [0.25, 0.3) is 0 Å². The summed E-state index contributed by atoms with van der Waals surface area (Å²) in [6.07, 6.45) is 6.83. The van der Waals surface area contributed by atoms with E-state index in [2.05, 4.69) is 15.3 Å². The van der Waals surface area contributed by atoms with Crippen LogP contribution in [0.3, 0.4) is 0 Å². The Balaban J connectivity index is 1.72. The molecule has 0 aliphatic heterocycles. The molecule has 1 N–H and O–H groups in total. The van der Waals surface area contributed by atoms with Crippen LogP contribution in [-0.2, 0) is 17.8 Å². The molecular formula is C22H22N4O3. The van der Waals surface area contributed by atoms with E-state index in [9.17, 15) is 9.59 Å². The summed E-state index contributed by atoms with van der Waals surface area (Å²) in [4.78, 5) is 34.5. The van der Waals surface area contributed by atoms with Gasteiger partial charge in [0.2, 0.25) is 0 Å². The Labute approximate surface area is 169 Å². The zero-order valence-corrected chi connectivity index (χ0v) is 16.1. The number of carbonyl (C=O) groups excluding carboxylic acids is 2. The second-order valence-electron chi connectivity index (χ2n) is 6.30. The lowest BCUT2D eigenvalue weighted by Crippen LogP contribution is -2.34. The van der Waals surface area contributed by atoms with Gasteiger partial charge >= 0.3 is 12.0 Å². The summed E-state index contributed by atoms with van der Waals surface area (Å²) in [5.74, 6) is -0.388. The quantitative estimate of drug-likeness (QED) is 0.619. The molecule has 0 radical (unpaired) electrons. The molecule has 0 saturated heterocycles. The number of nitrogens with zero attached hydrogens (tertiary/aromatic N) is 3. The predicted octanol–water partition coefficient (Wildman–Crippen LogP) is 3.89. The Bertz CT molecular complexity index is 890. The van der Waals surface area contributed by atoms with Gasteiger partial charge in [0.05, 0.1) is 12.2 Å². The van der Waals surface area contributed by atoms with Gasteiger partial charge in [0, 0.05) is 43.6 Å². The third kappa shape index (κ3) is 5.87. The van der Waals surface area contributed by atoms with Crippen molar-refractivity contribution in [2.75, 3.05) is 11.9 Å². The largest absolute Gasteiger partial charge is 0.462 e. The fourth-order valence-electron chi connectivity index (χ4n) is 2.73. The molecule has 0 aliphatic rings. The monoisotopic (exact) mass is 390 g/mol. The maximum atomic E-state index is 12.9. The normalized spacial score (nSPS) is 10.2. The van der Waals surface area contributed by atoms with Crippen LogP contribution < -0.4 is 5.32 Å². The summed E-state index contributed by atoms with van der Waals surface area (Å²) in [7, 11) is 0. The molecule has 0 saturated carbocycles. The number of aromatic nitrogens is 2. The number of carbonyl (C=O) groups is 2. The summed E-state index contributed by atoms with van der Waals surface area (Å²) in [6.45, 7) is 2.90. The highest BCUT2D eigenvalue weighted by molar-refractivity contribution is 5.92. The number of anilines is 1. The Hall–Kier alpha value is -3.74. The average Bonchev–Trinajstić information content (AvgIpc) is 2.75. The van der Waals surface area contributed by atoms with Crippen LogP contribution in [0, 0.1) is 0 Å². The maximum Gasteiger partial charge on any atom is 0.338 e. The van der Waals surface area contributed by atoms with Crippen LogP contribution in [-0.4, -0.2) is 33.5 Å². The molecule has 0 unspecified atom stereocenters. The van der Waals surface area contributed by atoms with E-state index in [-0.39, 0.29) is 12.0 Å². The molecule has 1 aromatic carbocycles. The minimum Gasteiger partial charge on any atom is -0.462 e. The third-order valence-corrected chi connectivity index (χ3v) is 4.15. The van der Waals surface area contributed by atoms with Gasteiger partial charge in [-0.3, -0.25) is 9.97 Å². The van der Waals surface area contributed by atoms with Gasteiger partial charge in [0.15, 0.2) is 0 Å². The van der Waals surface area contributed by atoms with Crippen molar-refractivity contribution < 1.29 is 14.3 Å². The minimum atomic E-state index is -0.388. The lowest BCUT2D eigenvalue weighted by atomic mass is 10.2. The molecule has 0 bridgehead atoms. The number of hydrogen-bond donors (Lipinski definition) is 1. The standard InChI is InChI=1S/C22H22N4O3/c1-2-29-21(27)19-5-7-20(8-6-19)25-22(28)26(15-17-9-12-23-13-10-17)16-18-4-3-11-24-14-18/h3-14H,2,15-16H2,1H3,(H,25,28). The maximum absolute atomic E-state index is 12.9. The summed E-state index contributed by atoms with van der Waals surface area (Å²) in [5, 5.41) is 2.88. The fourth-order valence-corrected chi connectivity index (χ4v) is 2.73. The molecule has 7 nitrogen and oxygen atoms in total. The molecular weight excluding hydrogens is 368 g/mol. The van der Waals surface area contributed by atoms with Gasteiger partial charge in [-0.1, -0.05) is 6.07 Å². The topological polar surface area (TPSA) is 84.4 Å². The van der Waals surface area contributed by atoms with E-state index in [4.69, 9.17) is 4.74 Å². The zero-order chi connectivity index (χ0) is 20.5. The van der Waals surface area contributed by atoms with Crippen LogP contribution in [0.1, 0.15) is 28.4 Å². The molecule has 2 heterocycles. The van der Waals surface area contributed by atoms with Crippen LogP contribution in [0.25, 0.3) is 0 Å². The molecule has 148 valence electrons. The van der Waals surface area contributed by atoms with Crippen molar-refractivity contribution in [3.8, 4) is 0 Å². The van der Waals surface area contributed by atoms with Crippen molar-refractivity contribution in [3.05, 3.63) is 90.0 Å². The molecule has 29 heavy (non-hydrogen) atoms. The van der Waals surface area contributed by atoms with Crippen molar-refractivity contribution in [1.82, 2.24) is 14.9 Å². The Morgan fingerprint density at radius 1 is 0.931 bits per heavy atom.